The Hall–Kier alpha value is -1.35. The van der Waals surface area contributed by atoms with Gasteiger partial charge in [0.15, 0.2) is 0 Å². The first kappa shape index (κ1) is 15.0. The fourth-order valence-corrected chi connectivity index (χ4v) is 2.97. The molecule has 1 aliphatic heterocycles. The minimum absolute atomic E-state index is 0.251. The summed E-state index contributed by atoms with van der Waals surface area (Å²) >= 11 is 0. The van der Waals surface area contributed by atoms with Crippen molar-refractivity contribution in [1.29, 1.82) is 0 Å². The fraction of sp³-hybridized carbons (Fsp3) is 0.588. The van der Waals surface area contributed by atoms with E-state index in [9.17, 15) is 4.79 Å². The number of carboxylic acids is 1. The predicted molar refractivity (Wildman–Crippen MR) is 80.6 cm³/mol. The molecule has 1 heterocycles. The van der Waals surface area contributed by atoms with Crippen molar-refractivity contribution in [3.05, 3.63) is 35.4 Å². The van der Waals surface area contributed by atoms with E-state index in [1.807, 2.05) is 6.92 Å². The zero-order valence-corrected chi connectivity index (χ0v) is 12.5. The van der Waals surface area contributed by atoms with Crippen molar-refractivity contribution in [2.75, 3.05) is 6.54 Å². The van der Waals surface area contributed by atoms with Crippen molar-refractivity contribution in [2.45, 2.75) is 52.1 Å². The van der Waals surface area contributed by atoms with Gasteiger partial charge in [0.05, 0.1) is 5.92 Å². The molecule has 0 radical (unpaired) electrons. The van der Waals surface area contributed by atoms with Crippen LogP contribution in [0, 0.1) is 12.8 Å². The first-order valence-corrected chi connectivity index (χ1v) is 7.58. The van der Waals surface area contributed by atoms with E-state index in [2.05, 4.69) is 36.1 Å². The Kier molecular flexibility index (Phi) is 5.18. The molecule has 0 saturated carbocycles. The Morgan fingerprint density at radius 1 is 1.35 bits per heavy atom. The van der Waals surface area contributed by atoms with Crippen LogP contribution in [0.5, 0.6) is 0 Å². The maximum atomic E-state index is 11.1. The van der Waals surface area contributed by atoms with Gasteiger partial charge >= 0.3 is 5.97 Å². The number of aryl methyl sites for hydroxylation is 1. The van der Waals surface area contributed by atoms with Gasteiger partial charge in [0.25, 0.3) is 0 Å². The Balaban J connectivity index is 1.99. The number of benzene rings is 1. The first-order valence-electron chi connectivity index (χ1n) is 7.58. The molecular weight excluding hydrogens is 250 g/mol. The van der Waals surface area contributed by atoms with Crippen molar-refractivity contribution in [2.24, 2.45) is 5.92 Å². The van der Waals surface area contributed by atoms with E-state index in [0.717, 1.165) is 25.9 Å². The van der Waals surface area contributed by atoms with Crippen LogP contribution < -0.4 is 0 Å². The molecule has 2 atom stereocenters. The van der Waals surface area contributed by atoms with Crippen LogP contribution in [0.4, 0.5) is 0 Å². The standard InChI is InChI=1S/C17H25NO2/c1-13-6-8-15(9-7-13)12-18-10-4-3-5-16(18)11-14(2)17(19)20/h6-9,14,16H,3-5,10-12H2,1-2H3,(H,19,20). The SMILES string of the molecule is Cc1ccc(CN2CCCCC2CC(C)C(=O)O)cc1. The van der Waals surface area contributed by atoms with Gasteiger partial charge in [0.2, 0.25) is 0 Å². The van der Waals surface area contributed by atoms with Crippen LogP contribution in [0.15, 0.2) is 24.3 Å². The number of likely N-dealkylation sites (tertiary alicyclic amines) is 1. The summed E-state index contributed by atoms with van der Waals surface area (Å²) in [5.41, 5.74) is 2.61. The quantitative estimate of drug-likeness (QED) is 0.894. The van der Waals surface area contributed by atoms with Crippen LogP contribution >= 0.6 is 0 Å². The highest BCUT2D eigenvalue weighted by atomic mass is 16.4. The Morgan fingerprint density at radius 2 is 2.05 bits per heavy atom. The zero-order valence-electron chi connectivity index (χ0n) is 12.5. The van der Waals surface area contributed by atoms with Gasteiger partial charge in [0, 0.05) is 12.6 Å². The van der Waals surface area contributed by atoms with E-state index in [-0.39, 0.29) is 5.92 Å². The third kappa shape index (κ3) is 4.07. The fourth-order valence-electron chi connectivity index (χ4n) is 2.97. The third-order valence-corrected chi connectivity index (χ3v) is 4.30. The molecule has 110 valence electrons. The minimum atomic E-state index is -0.675. The monoisotopic (exact) mass is 275 g/mol. The molecule has 2 unspecified atom stereocenters. The second kappa shape index (κ2) is 6.89. The normalized spacial score (nSPS) is 21.6. The number of hydrogen-bond acceptors (Lipinski definition) is 2. The second-order valence-electron chi connectivity index (χ2n) is 6.08. The smallest absolute Gasteiger partial charge is 0.306 e. The van der Waals surface area contributed by atoms with Crippen molar-refractivity contribution in [3.63, 3.8) is 0 Å². The van der Waals surface area contributed by atoms with E-state index in [1.165, 1.54) is 24.0 Å². The van der Waals surface area contributed by atoms with Crippen LogP contribution in [-0.2, 0) is 11.3 Å². The van der Waals surface area contributed by atoms with Crippen LogP contribution in [0.25, 0.3) is 0 Å². The summed E-state index contributed by atoms with van der Waals surface area (Å²) in [5.74, 6) is -0.926. The lowest BCUT2D eigenvalue weighted by molar-refractivity contribution is -0.141. The largest absolute Gasteiger partial charge is 0.481 e. The molecule has 0 bridgehead atoms. The number of nitrogens with zero attached hydrogens (tertiary/aromatic N) is 1. The van der Waals surface area contributed by atoms with E-state index < -0.39 is 5.97 Å². The molecule has 0 amide bonds. The van der Waals surface area contributed by atoms with Crippen LogP contribution in [0.2, 0.25) is 0 Å². The number of rotatable bonds is 5. The molecule has 3 heteroatoms. The van der Waals surface area contributed by atoms with Gasteiger partial charge in [-0.05, 0) is 38.3 Å². The lowest BCUT2D eigenvalue weighted by Gasteiger charge is -2.36. The van der Waals surface area contributed by atoms with Gasteiger partial charge in [-0.25, -0.2) is 0 Å². The summed E-state index contributed by atoms with van der Waals surface area (Å²) in [4.78, 5) is 13.5. The van der Waals surface area contributed by atoms with E-state index in [4.69, 9.17) is 5.11 Å². The van der Waals surface area contributed by atoms with Gasteiger partial charge in [-0.3, -0.25) is 9.69 Å². The summed E-state index contributed by atoms with van der Waals surface area (Å²) in [5, 5.41) is 9.10. The highest BCUT2D eigenvalue weighted by Gasteiger charge is 2.26. The van der Waals surface area contributed by atoms with Gasteiger partial charge in [-0.2, -0.15) is 0 Å². The topological polar surface area (TPSA) is 40.5 Å². The Bertz CT molecular complexity index is 441. The molecule has 1 N–H and O–H groups in total. The minimum Gasteiger partial charge on any atom is -0.481 e. The number of carbonyl (C=O) groups is 1. The van der Waals surface area contributed by atoms with Crippen molar-refractivity contribution in [3.8, 4) is 0 Å². The maximum absolute atomic E-state index is 11.1. The summed E-state index contributed by atoms with van der Waals surface area (Å²) in [7, 11) is 0. The number of carboxylic acid groups (broad SMARTS) is 1. The van der Waals surface area contributed by atoms with Crippen molar-refractivity contribution in [1.82, 2.24) is 4.90 Å². The molecule has 1 aromatic carbocycles. The molecule has 1 saturated heterocycles. The highest BCUT2D eigenvalue weighted by Crippen LogP contribution is 2.25. The lowest BCUT2D eigenvalue weighted by Crippen LogP contribution is -2.40. The molecule has 1 aliphatic rings. The lowest BCUT2D eigenvalue weighted by atomic mass is 9.92. The molecule has 2 rings (SSSR count). The Labute approximate surface area is 121 Å². The summed E-state index contributed by atoms with van der Waals surface area (Å²) < 4.78 is 0. The maximum Gasteiger partial charge on any atom is 0.306 e. The Morgan fingerprint density at radius 3 is 2.70 bits per heavy atom. The van der Waals surface area contributed by atoms with Crippen molar-refractivity contribution < 1.29 is 9.90 Å². The van der Waals surface area contributed by atoms with Crippen molar-refractivity contribution >= 4 is 5.97 Å². The average molecular weight is 275 g/mol. The number of aliphatic carboxylic acids is 1. The molecule has 20 heavy (non-hydrogen) atoms. The molecule has 1 aromatic rings. The first-order chi connectivity index (χ1) is 9.56. The van der Waals surface area contributed by atoms with E-state index >= 15 is 0 Å². The van der Waals surface area contributed by atoms with Gasteiger partial charge in [-0.15, -0.1) is 0 Å². The predicted octanol–water partition coefficient (Wildman–Crippen LogP) is 3.46. The number of hydrogen-bond donors (Lipinski definition) is 1. The highest BCUT2D eigenvalue weighted by molar-refractivity contribution is 5.69. The summed E-state index contributed by atoms with van der Waals surface area (Å²) in [6, 6.07) is 9.07. The molecular formula is C17H25NO2. The average Bonchev–Trinajstić information content (AvgIpc) is 2.43. The molecule has 0 spiro atoms. The third-order valence-electron chi connectivity index (χ3n) is 4.30. The second-order valence-corrected chi connectivity index (χ2v) is 6.08. The molecule has 0 aliphatic carbocycles. The van der Waals surface area contributed by atoms with Gasteiger partial charge < -0.3 is 5.11 Å². The molecule has 3 nitrogen and oxygen atoms in total. The van der Waals surface area contributed by atoms with Gasteiger partial charge in [-0.1, -0.05) is 43.2 Å². The van der Waals surface area contributed by atoms with Crippen LogP contribution in [0.1, 0.15) is 43.7 Å². The van der Waals surface area contributed by atoms with E-state index in [1.54, 1.807) is 0 Å². The summed E-state index contributed by atoms with van der Waals surface area (Å²) in [6.07, 6.45) is 4.34. The molecule has 1 fully saturated rings. The van der Waals surface area contributed by atoms with E-state index in [0.29, 0.717) is 6.04 Å². The molecule has 0 aromatic heterocycles. The zero-order chi connectivity index (χ0) is 14.5. The summed E-state index contributed by atoms with van der Waals surface area (Å²) in [6.45, 7) is 5.95. The van der Waals surface area contributed by atoms with Crippen LogP contribution in [0.3, 0.4) is 0 Å². The number of piperidine rings is 1. The van der Waals surface area contributed by atoms with Crippen LogP contribution in [-0.4, -0.2) is 28.6 Å². The van der Waals surface area contributed by atoms with Gasteiger partial charge in [0.1, 0.15) is 0 Å².